The molecule has 0 amide bonds. The molecule has 0 aromatic heterocycles. The summed E-state index contributed by atoms with van der Waals surface area (Å²) in [5, 5.41) is 9.18. The van der Waals surface area contributed by atoms with Crippen molar-refractivity contribution in [1.82, 2.24) is 10.2 Å². The van der Waals surface area contributed by atoms with E-state index in [4.69, 9.17) is 0 Å². The first-order chi connectivity index (χ1) is 12.4. The van der Waals surface area contributed by atoms with Gasteiger partial charge >= 0.3 is 0 Å². The standard InChI is InChI=1S/C23H26N2.2ClH/c1-3-7-20-18(5-1)16-19-6-2-4-8-21(19)23(20)22(15-17-9-10-17)25-13-11-24-12-14-25;;/h1-8,16-17,22,24H,9-15H2;2*1H/t22-;;/m0../s1. The van der Waals surface area contributed by atoms with Crippen LogP contribution in [0.3, 0.4) is 0 Å². The Morgan fingerprint density at radius 2 is 1.41 bits per heavy atom. The van der Waals surface area contributed by atoms with Gasteiger partial charge in [-0.2, -0.15) is 0 Å². The lowest BCUT2D eigenvalue weighted by atomic mass is 9.88. The van der Waals surface area contributed by atoms with Crippen molar-refractivity contribution in [2.45, 2.75) is 25.3 Å². The molecule has 0 bridgehead atoms. The number of halogens is 2. The van der Waals surface area contributed by atoms with Crippen LogP contribution >= 0.6 is 24.8 Å². The Bertz CT molecular complexity index is 847. The maximum Gasteiger partial charge on any atom is 0.0364 e. The Balaban J connectivity index is 0.00000105. The van der Waals surface area contributed by atoms with E-state index in [0.29, 0.717) is 6.04 Å². The molecule has 1 aliphatic heterocycles. The maximum absolute atomic E-state index is 3.52. The number of fused-ring (bicyclic) bond motifs is 2. The fourth-order valence-electron chi connectivity index (χ4n) is 4.52. The molecule has 1 aliphatic carbocycles. The molecule has 2 nitrogen and oxygen atoms in total. The van der Waals surface area contributed by atoms with Crippen molar-refractivity contribution in [2.75, 3.05) is 26.2 Å². The van der Waals surface area contributed by atoms with E-state index in [1.54, 1.807) is 5.56 Å². The van der Waals surface area contributed by atoms with Crippen LogP contribution in [-0.2, 0) is 0 Å². The van der Waals surface area contributed by atoms with E-state index in [1.807, 2.05) is 0 Å². The van der Waals surface area contributed by atoms with Crippen LogP contribution in [0.4, 0.5) is 0 Å². The summed E-state index contributed by atoms with van der Waals surface area (Å²) in [6.45, 7) is 4.55. The van der Waals surface area contributed by atoms with Gasteiger partial charge in [-0.05, 0) is 45.5 Å². The minimum absolute atomic E-state index is 0. The zero-order chi connectivity index (χ0) is 16.6. The highest BCUT2D eigenvalue weighted by Gasteiger charge is 2.32. The van der Waals surface area contributed by atoms with Gasteiger partial charge in [-0.1, -0.05) is 61.4 Å². The molecule has 1 saturated carbocycles. The van der Waals surface area contributed by atoms with Gasteiger partial charge in [0.05, 0.1) is 0 Å². The number of benzene rings is 3. The van der Waals surface area contributed by atoms with Crippen molar-refractivity contribution >= 4 is 46.4 Å². The minimum atomic E-state index is 0. The van der Waals surface area contributed by atoms with Crippen molar-refractivity contribution in [3.8, 4) is 0 Å². The topological polar surface area (TPSA) is 15.3 Å². The molecule has 3 aromatic carbocycles. The zero-order valence-corrected chi connectivity index (χ0v) is 17.2. The number of nitrogens with one attached hydrogen (secondary N) is 1. The zero-order valence-electron chi connectivity index (χ0n) is 15.6. The highest BCUT2D eigenvalue weighted by atomic mass is 35.5. The first-order valence-corrected chi connectivity index (χ1v) is 9.75. The second-order valence-corrected chi connectivity index (χ2v) is 7.71. The molecule has 1 heterocycles. The van der Waals surface area contributed by atoms with E-state index in [1.165, 1.54) is 40.8 Å². The molecule has 1 N–H and O–H groups in total. The highest BCUT2D eigenvalue weighted by Crippen LogP contribution is 2.44. The maximum atomic E-state index is 3.52. The molecule has 2 aliphatic rings. The van der Waals surface area contributed by atoms with E-state index >= 15 is 0 Å². The van der Waals surface area contributed by atoms with Crippen LogP contribution in [0.5, 0.6) is 0 Å². The summed E-state index contributed by atoms with van der Waals surface area (Å²) in [4.78, 5) is 2.74. The predicted molar refractivity (Wildman–Crippen MR) is 120 cm³/mol. The second kappa shape index (κ2) is 8.79. The summed E-state index contributed by atoms with van der Waals surface area (Å²) >= 11 is 0. The van der Waals surface area contributed by atoms with Gasteiger partial charge in [0.2, 0.25) is 0 Å². The van der Waals surface area contributed by atoms with Crippen molar-refractivity contribution in [2.24, 2.45) is 5.92 Å². The van der Waals surface area contributed by atoms with Crippen LogP contribution in [0.1, 0.15) is 30.9 Å². The monoisotopic (exact) mass is 402 g/mol. The molecule has 0 spiro atoms. The van der Waals surface area contributed by atoms with Gasteiger partial charge in [-0.25, -0.2) is 0 Å². The predicted octanol–water partition coefficient (Wildman–Crippen LogP) is 5.58. The Morgan fingerprint density at radius 3 is 1.96 bits per heavy atom. The fourth-order valence-corrected chi connectivity index (χ4v) is 4.52. The van der Waals surface area contributed by atoms with E-state index in [-0.39, 0.29) is 24.8 Å². The van der Waals surface area contributed by atoms with E-state index < -0.39 is 0 Å². The normalized spacial score (nSPS) is 18.7. The molecule has 1 saturated heterocycles. The molecule has 3 aromatic rings. The number of rotatable bonds is 4. The SMILES string of the molecule is Cl.Cl.c1ccc2c([C@H](CC3CC3)N3CCNCC3)c3ccccc3cc2c1. The van der Waals surface area contributed by atoms with Crippen LogP contribution in [-0.4, -0.2) is 31.1 Å². The molecule has 144 valence electrons. The van der Waals surface area contributed by atoms with Gasteiger partial charge in [-0.15, -0.1) is 24.8 Å². The lowest BCUT2D eigenvalue weighted by molar-refractivity contribution is 0.162. The summed E-state index contributed by atoms with van der Waals surface area (Å²) < 4.78 is 0. The third-order valence-electron chi connectivity index (χ3n) is 5.99. The van der Waals surface area contributed by atoms with Gasteiger partial charge in [-0.3, -0.25) is 4.90 Å². The Hall–Kier alpha value is -1.32. The molecule has 0 radical (unpaired) electrons. The van der Waals surface area contributed by atoms with Gasteiger partial charge < -0.3 is 5.32 Å². The highest BCUT2D eigenvalue weighted by molar-refractivity contribution is 6.02. The smallest absolute Gasteiger partial charge is 0.0364 e. The number of piperazine rings is 1. The summed E-state index contributed by atoms with van der Waals surface area (Å²) in [5.41, 5.74) is 1.57. The van der Waals surface area contributed by atoms with Crippen LogP contribution < -0.4 is 5.32 Å². The van der Waals surface area contributed by atoms with Crippen molar-refractivity contribution in [1.29, 1.82) is 0 Å². The Labute approximate surface area is 174 Å². The molecular formula is C23H28Cl2N2. The molecule has 27 heavy (non-hydrogen) atoms. The van der Waals surface area contributed by atoms with Crippen LogP contribution in [0, 0.1) is 5.92 Å². The van der Waals surface area contributed by atoms with E-state index in [2.05, 4.69) is 64.8 Å². The lowest BCUT2D eigenvalue weighted by Crippen LogP contribution is -2.45. The molecule has 2 fully saturated rings. The van der Waals surface area contributed by atoms with Crippen molar-refractivity contribution < 1.29 is 0 Å². The van der Waals surface area contributed by atoms with E-state index in [0.717, 1.165) is 32.1 Å². The Morgan fingerprint density at radius 1 is 0.852 bits per heavy atom. The quantitative estimate of drug-likeness (QED) is 0.572. The molecule has 5 rings (SSSR count). The first kappa shape index (κ1) is 20.4. The number of hydrogen-bond donors (Lipinski definition) is 1. The summed E-state index contributed by atoms with van der Waals surface area (Å²) in [6, 6.07) is 20.9. The molecule has 1 atom stereocenters. The summed E-state index contributed by atoms with van der Waals surface area (Å²) in [5.74, 6) is 0.928. The molecular weight excluding hydrogens is 375 g/mol. The van der Waals surface area contributed by atoms with Gasteiger partial charge in [0, 0.05) is 32.2 Å². The van der Waals surface area contributed by atoms with Gasteiger partial charge in [0.25, 0.3) is 0 Å². The van der Waals surface area contributed by atoms with Crippen LogP contribution in [0.2, 0.25) is 0 Å². The van der Waals surface area contributed by atoms with Gasteiger partial charge in [0.1, 0.15) is 0 Å². The largest absolute Gasteiger partial charge is 0.314 e. The average molecular weight is 403 g/mol. The second-order valence-electron chi connectivity index (χ2n) is 7.71. The fraction of sp³-hybridized carbons (Fsp3) is 0.391. The molecule has 0 unspecified atom stereocenters. The van der Waals surface area contributed by atoms with Crippen molar-refractivity contribution in [3.05, 3.63) is 60.2 Å². The molecule has 4 heteroatoms. The lowest BCUT2D eigenvalue weighted by Gasteiger charge is -2.36. The van der Waals surface area contributed by atoms with Crippen LogP contribution in [0.15, 0.2) is 54.6 Å². The third kappa shape index (κ3) is 4.09. The summed E-state index contributed by atoms with van der Waals surface area (Å²) in [6.07, 6.45) is 4.16. The Kier molecular flexibility index (Phi) is 6.65. The average Bonchev–Trinajstić information content (AvgIpc) is 3.49. The summed E-state index contributed by atoms with van der Waals surface area (Å²) in [7, 11) is 0. The van der Waals surface area contributed by atoms with Crippen LogP contribution in [0.25, 0.3) is 21.5 Å². The first-order valence-electron chi connectivity index (χ1n) is 9.75. The van der Waals surface area contributed by atoms with E-state index in [9.17, 15) is 0 Å². The number of nitrogens with zero attached hydrogens (tertiary/aromatic N) is 1. The van der Waals surface area contributed by atoms with Gasteiger partial charge in [0.15, 0.2) is 0 Å². The minimum Gasteiger partial charge on any atom is -0.314 e. The van der Waals surface area contributed by atoms with Crippen molar-refractivity contribution in [3.63, 3.8) is 0 Å². The third-order valence-corrected chi connectivity index (χ3v) is 5.99. The number of hydrogen-bond acceptors (Lipinski definition) is 2.